The molecule has 0 saturated carbocycles. The fraction of sp³-hybridized carbons (Fsp3) is 0.231. The summed E-state index contributed by atoms with van der Waals surface area (Å²) in [5, 5.41) is 3.56. The van der Waals surface area contributed by atoms with Gasteiger partial charge in [-0.15, -0.1) is 11.3 Å². The molecule has 0 aliphatic rings. The number of ether oxygens (including phenoxy) is 1. The van der Waals surface area contributed by atoms with Crippen molar-refractivity contribution in [2.24, 2.45) is 0 Å². The molecule has 1 heterocycles. The lowest BCUT2D eigenvalue weighted by atomic mass is 10.1. The SMILES string of the molecule is COC(=O)Cc1csc(Cc2ccccc2Cl)n1. The van der Waals surface area contributed by atoms with E-state index in [9.17, 15) is 4.79 Å². The van der Waals surface area contributed by atoms with Crippen LogP contribution < -0.4 is 0 Å². The average Bonchev–Trinajstić information content (AvgIpc) is 2.79. The van der Waals surface area contributed by atoms with Gasteiger partial charge in [-0.2, -0.15) is 0 Å². The number of hydrogen-bond acceptors (Lipinski definition) is 4. The van der Waals surface area contributed by atoms with E-state index >= 15 is 0 Å². The van der Waals surface area contributed by atoms with Gasteiger partial charge in [-0.1, -0.05) is 29.8 Å². The number of benzene rings is 1. The third kappa shape index (κ3) is 3.31. The predicted molar refractivity (Wildman–Crippen MR) is 72.1 cm³/mol. The Labute approximate surface area is 114 Å². The van der Waals surface area contributed by atoms with E-state index in [1.165, 1.54) is 18.4 Å². The molecular weight excluding hydrogens is 270 g/mol. The van der Waals surface area contributed by atoms with Crippen LogP contribution in [-0.4, -0.2) is 18.1 Å². The molecule has 0 radical (unpaired) electrons. The first-order valence-electron chi connectivity index (χ1n) is 5.42. The van der Waals surface area contributed by atoms with Crippen LogP contribution in [0.5, 0.6) is 0 Å². The third-order valence-corrected chi connectivity index (χ3v) is 3.72. The summed E-state index contributed by atoms with van der Waals surface area (Å²) in [5.74, 6) is -0.274. The zero-order chi connectivity index (χ0) is 13.0. The van der Waals surface area contributed by atoms with Gasteiger partial charge in [-0.3, -0.25) is 4.79 Å². The summed E-state index contributed by atoms with van der Waals surface area (Å²) in [6, 6.07) is 7.68. The van der Waals surface area contributed by atoms with Gasteiger partial charge in [0.15, 0.2) is 0 Å². The molecule has 0 fully saturated rings. The van der Waals surface area contributed by atoms with Crippen molar-refractivity contribution >= 4 is 28.9 Å². The molecular formula is C13H12ClNO2S. The molecule has 5 heteroatoms. The van der Waals surface area contributed by atoms with Crippen molar-refractivity contribution in [2.45, 2.75) is 12.8 Å². The predicted octanol–water partition coefficient (Wildman–Crippen LogP) is 3.10. The number of esters is 1. The first-order valence-corrected chi connectivity index (χ1v) is 6.68. The van der Waals surface area contributed by atoms with Crippen LogP contribution in [0.3, 0.4) is 0 Å². The Morgan fingerprint density at radius 3 is 2.94 bits per heavy atom. The lowest BCUT2D eigenvalue weighted by Gasteiger charge is -2.00. The second kappa shape index (κ2) is 5.98. The highest BCUT2D eigenvalue weighted by Gasteiger charge is 2.09. The van der Waals surface area contributed by atoms with Crippen molar-refractivity contribution in [3.8, 4) is 0 Å². The van der Waals surface area contributed by atoms with Crippen LogP contribution in [0.15, 0.2) is 29.6 Å². The van der Waals surface area contributed by atoms with Crippen molar-refractivity contribution < 1.29 is 9.53 Å². The number of carbonyl (C=O) groups excluding carboxylic acids is 1. The summed E-state index contributed by atoms with van der Waals surface area (Å²) >= 11 is 7.62. The van der Waals surface area contributed by atoms with Crippen LogP contribution in [0.1, 0.15) is 16.3 Å². The molecule has 1 aromatic carbocycles. The molecule has 0 N–H and O–H groups in total. The summed E-state index contributed by atoms with van der Waals surface area (Å²) in [7, 11) is 1.37. The lowest BCUT2D eigenvalue weighted by molar-refractivity contribution is -0.139. The summed E-state index contributed by atoms with van der Waals surface area (Å²) < 4.78 is 4.61. The Balaban J connectivity index is 2.07. The Kier molecular flexibility index (Phi) is 4.33. The van der Waals surface area contributed by atoms with E-state index in [0.29, 0.717) is 6.42 Å². The van der Waals surface area contributed by atoms with Crippen LogP contribution in [0, 0.1) is 0 Å². The monoisotopic (exact) mass is 281 g/mol. The number of methoxy groups -OCH3 is 1. The highest BCUT2D eigenvalue weighted by Crippen LogP contribution is 2.21. The molecule has 0 atom stereocenters. The molecule has 0 unspecified atom stereocenters. The molecule has 3 nitrogen and oxygen atoms in total. The highest BCUT2D eigenvalue weighted by molar-refractivity contribution is 7.09. The Morgan fingerprint density at radius 2 is 2.22 bits per heavy atom. The lowest BCUT2D eigenvalue weighted by Crippen LogP contribution is -2.04. The van der Waals surface area contributed by atoms with Crippen molar-refractivity contribution in [3.05, 3.63) is 50.9 Å². The normalized spacial score (nSPS) is 10.3. The highest BCUT2D eigenvalue weighted by atomic mass is 35.5. The largest absolute Gasteiger partial charge is 0.469 e. The minimum Gasteiger partial charge on any atom is -0.469 e. The Hall–Kier alpha value is -1.39. The van der Waals surface area contributed by atoms with Crippen LogP contribution in [0.25, 0.3) is 0 Å². The van der Waals surface area contributed by atoms with Gasteiger partial charge in [0, 0.05) is 16.8 Å². The number of carbonyl (C=O) groups is 1. The quantitative estimate of drug-likeness (QED) is 0.809. The first-order chi connectivity index (χ1) is 8.69. The van der Waals surface area contributed by atoms with Crippen LogP contribution in [0.4, 0.5) is 0 Å². The van der Waals surface area contributed by atoms with Gasteiger partial charge in [0.2, 0.25) is 0 Å². The number of thiazole rings is 1. The van der Waals surface area contributed by atoms with E-state index in [0.717, 1.165) is 21.3 Å². The summed E-state index contributed by atoms with van der Waals surface area (Å²) in [6.07, 6.45) is 0.904. The Morgan fingerprint density at radius 1 is 1.44 bits per heavy atom. The number of rotatable bonds is 4. The summed E-state index contributed by atoms with van der Waals surface area (Å²) in [5.41, 5.74) is 1.78. The molecule has 2 aromatic rings. The van der Waals surface area contributed by atoms with Crippen LogP contribution >= 0.6 is 22.9 Å². The van der Waals surface area contributed by atoms with E-state index in [-0.39, 0.29) is 12.4 Å². The van der Waals surface area contributed by atoms with Gasteiger partial charge in [-0.05, 0) is 11.6 Å². The maximum absolute atomic E-state index is 11.1. The minimum absolute atomic E-state index is 0.218. The second-order valence-corrected chi connectivity index (χ2v) is 5.10. The van der Waals surface area contributed by atoms with Gasteiger partial charge in [0.25, 0.3) is 0 Å². The van der Waals surface area contributed by atoms with Crippen molar-refractivity contribution in [2.75, 3.05) is 7.11 Å². The maximum Gasteiger partial charge on any atom is 0.311 e. The molecule has 18 heavy (non-hydrogen) atoms. The molecule has 94 valence electrons. The number of nitrogens with zero attached hydrogens (tertiary/aromatic N) is 1. The topological polar surface area (TPSA) is 39.2 Å². The molecule has 0 bridgehead atoms. The van der Waals surface area contributed by atoms with Crippen molar-refractivity contribution in [3.63, 3.8) is 0 Å². The van der Waals surface area contributed by atoms with Crippen LogP contribution in [-0.2, 0) is 22.4 Å². The fourth-order valence-corrected chi connectivity index (χ4v) is 2.56. The molecule has 0 spiro atoms. The molecule has 0 saturated heterocycles. The van der Waals surface area contributed by atoms with E-state index in [2.05, 4.69) is 9.72 Å². The Bertz CT molecular complexity index is 553. The zero-order valence-corrected chi connectivity index (χ0v) is 11.4. The summed E-state index contributed by atoms with van der Waals surface area (Å²) in [6.45, 7) is 0. The third-order valence-electron chi connectivity index (χ3n) is 2.45. The average molecular weight is 282 g/mol. The van der Waals surface area contributed by atoms with Gasteiger partial charge in [0.1, 0.15) is 0 Å². The molecule has 0 amide bonds. The second-order valence-electron chi connectivity index (χ2n) is 3.75. The van der Waals surface area contributed by atoms with E-state index in [1.807, 2.05) is 29.6 Å². The number of hydrogen-bond donors (Lipinski definition) is 0. The van der Waals surface area contributed by atoms with Gasteiger partial charge in [0.05, 0.1) is 24.2 Å². The molecule has 1 aromatic heterocycles. The molecule has 2 rings (SSSR count). The smallest absolute Gasteiger partial charge is 0.311 e. The van der Waals surface area contributed by atoms with Crippen molar-refractivity contribution in [1.29, 1.82) is 0 Å². The van der Waals surface area contributed by atoms with Crippen LogP contribution in [0.2, 0.25) is 5.02 Å². The van der Waals surface area contributed by atoms with Gasteiger partial charge < -0.3 is 4.74 Å². The van der Waals surface area contributed by atoms with Crippen molar-refractivity contribution in [1.82, 2.24) is 4.98 Å². The molecule has 0 aliphatic carbocycles. The fourth-order valence-electron chi connectivity index (χ4n) is 1.54. The molecule has 0 aliphatic heterocycles. The first kappa shape index (κ1) is 13.1. The zero-order valence-electron chi connectivity index (χ0n) is 9.85. The standard InChI is InChI=1S/C13H12ClNO2S/c1-17-13(16)7-10-8-18-12(15-10)6-9-4-2-3-5-11(9)14/h2-5,8H,6-7H2,1H3. The van der Waals surface area contributed by atoms with E-state index in [1.54, 1.807) is 0 Å². The minimum atomic E-state index is -0.274. The maximum atomic E-state index is 11.1. The van der Waals surface area contributed by atoms with Gasteiger partial charge >= 0.3 is 5.97 Å². The van der Waals surface area contributed by atoms with E-state index < -0.39 is 0 Å². The summed E-state index contributed by atoms with van der Waals surface area (Å²) in [4.78, 5) is 15.5. The van der Waals surface area contributed by atoms with Gasteiger partial charge in [-0.25, -0.2) is 4.98 Å². The number of halogens is 1. The number of aromatic nitrogens is 1. The van der Waals surface area contributed by atoms with E-state index in [4.69, 9.17) is 11.6 Å².